The van der Waals surface area contributed by atoms with Gasteiger partial charge in [0.2, 0.25) is 5.91 Å². The third kappa shape index (κ3) is 6.34. The first kappa shape index (κ1) is 23.5. The lowest BCUT2D eigenvalue weighted by molar-refractivity contribution is -0.131. The monoisotopic (exact) mass is 525 g/mol. The molecule has 0 radical (unpaired) electrons. The SMILES string of the molecule is CCOc1c(I)cc(C=NNC(=O)C(C)C(=O)Nc2ccc(OC)cc2)cc1OC. The molecule has 2 aromatic carbocycles. The Morgan fingerprint density at radius 2 is 1.83 bits per heavy atom. The zero-order valence-electron chi connectivity index (χ0n) is 17.2. The van der Waals surface area contributed by atoms with Crippen LogP contribution in [0.1, 0.15) is 19.4 Å². The summed E-state index contributed by atoms with van der Waals surface area (Å²) < 4.78 is 16.9. The van der Waals surface area contributed by atoms with E-state index in [1.165, 1.54) is 13.1 Å². The minimum absolute atomic E-state index is 0.440. The molecule has 0 aromatic heterocycles. The Balaban J connectivity index is 1.97. The molecule has 0 aliphatic heterocycles. The van der Waals surface area contributed by atoms with Crippen molar-refractivity contribution in [3.63, 3.8) is 0 Å². The standard InChI is InChI=1S/C21H24IN3O5/c1-5-30-19-17(22)10-14(11-18(19)29-4)12-23-25-21(27)13(2)20(26)24-15-6-8-16(28-3)9-7-15/h6-13H,5H2,1-4H3,(H,24,26)(H,25,27). The number of nitrogens with one attached hydrogen (secondary N) is 2. The smallest absolute Gasteiger partial charge is 0.252 e. The molecule has 0 saturated carbocycles. The first-order valence-electron chi connectivity index (χ1n) is 9.17. The van der Waals surface area contributed by atoms with E-state index >= 15 is 0 Å². The fourth-order valence-corrected chi connectivity index (χ4v) is 3.19. The number of methoxy groups -OCH3 is 2. The van der Waals surface area contributed by atoms with Crippen molar-refractivity contribution in [1.82, 2.24) is 5.43 Å². The summed E-state index contributed by atoms with van der Waals surface area (Å²) in [7, 11) is 3.12. The summed E-state index contributed by atoms with van der Waals surface area (Å²) in [5.41, 5.74) is 3.68. The fraction of sp³-hybridized carbons (Fsp3) is 0.286. The highest BCUT2D eigenvalue weighted by molar-refractivity contribution is 14.1. The molecule has 2 amide bonds. The van der Waals surface area contributed by atoms with Crippen molar-refractivity contribution in [2.45, 2.75) is 13.8 Å². The minimum atomic E-state index is -0.931. The van der Waals surface area contributed by atoms with Crippen molar-refractivity contribution in [3.8, 4) is 17.2 Å². The number of halogens is 1. The Labute approximate surface area is 189 Å². The summed E-state index contributed by atoms with van der Waals surface area (Å²) in [5, 5.41) is 6.63. The Morgan fingerprint density at radius 3 is 2.43 bits per heavy atom. The number of amides is 2. The Morgan fingerprint density at radius 1 is 1.13 bits per heavy atom. The predicted molar refractivity (Wildman–Crippen MR) is 123 cm³/mol. The average molecular weight is 525 g/mol. The highest BCUT2D eigenvalue weighted by Crippen LogP contribution is 2.33. The second-order valence-corrected chi connectivity index (χ2v) is 7.30. The van der Waals surface area contributed by atoms with Crippen LogP contribution in [0.2, 0.25) is 0 Å². The zero-order chi connectivity index (χ0) is 22.1. The van der Waals surface area contributed by atoms with Crippen molar-refractivity contribution in [2.75, 3.05) is 26.1 Å². The number of hydrogen-bond donors (Lipinski definition) is 2. The Kier molecular flexibility index (Phi) is 8.90. The summed E-state index contributed by atoms with van der Waals surface area (Å²) in [6, 6.07) is 10.4. The third-order valence-corrected chi connectivity index (χ3v) is 4.87. The lowest BCUT2D eigenvalue weighted by Crippen LogP contribution is -2.34. The first-order valence-corrected chi connectivity index (χ1v) is 10.3. The quantitative estimate of drug-likeness (QED) is 0.226. The van der Waals surface area contributed by atoms with Crippen molar-refractivity contribution in [3.05, 3.63) is 45.5 Å². The van der Waals surface area contributed by atoms with Crippen LogP contribution in [-0.4, -0.2) is 38.9 Å². The van der Waals surface area contributed by atoms with Gasteiger partial charge in [0.05, 0.1) is 30.6 Å². The molecule has 0 bridgehead atoms. The predicted octanol–water partition coefficient (Wildman–Crippen LogP) is 3.43. The Bertz CT molecular complexity index is 916. The van der Waals surface area contributed by atoms with Gasteiger partial charge in [0.15, 0.2) is 11.5 Å². The van der Waals surface area contributed by atoms with Gasteiger partial charge in [-0.25, -0.2) is 5.43 Å². The van der Waals surface area contributed by atoms with Crippen molar-refractivity contribution in [2.24, 2.45) is 11.0 Å². The van der Waals surface area contributed by atoms with Gasteiger partial charge in [-0.2, -0.15) is 5.10 Å². The number of carbonyl (C=O) groups is 2. The maximum atomic E-state index is 12.3. The van der Waals surface area contributed by atoms with Crippen molar-refractivity contribution >= 4 is 46.3 Å². The van der Waals surface area contributed by atoms with Gasteiger partial charge in [0.1, 0.15) is 11.7 Å². The molecule has 0 saturated heterocycles. The van der Waals surface area contributed by atoms with Crippen LogP contribution in [0.3, 0.4) is 0 Å². The molecule has 0 spiro atoms. The molecule has 9 heteroatoms. The fourth-order valence-electron chi connectivity index (χ4n) is 2.41. The van der Waals surface area contributed by atoms with E-state index in [4.69, 9.17) is 14.2 Å². The van der Waals surface area contributed by atoms with Crippen LogP contribution in [0.25, 0.3) is 0 Å². The van der Waals surface area contributed by atoms with Crippen LogP contribution >= 0.6 is 22.6 Å². The molecule has 2 rings (SSSR count). The first-order chi connectivity index (χ1) is 14.4. The van der Waals surface area contributed by atoms with Crippen molar-refractivity contribution < 1.29 is 23.8 Å². The average Bonchev–Trinajstić information content (AvgIpc) is 2.75. The highest BCUT2D eigenvalue weighted by Gasteiger charge is 2.21. The van der Waals surface area contributed by atoms with E-state index in [1.54, 1.807) is 44.6 Å². The van der Waals surface area contributed by atoms with E-state index in [0.29, 0.717) is 29.5 Å². The molecule has 1 unspecified atom stereocenters. The molecule has 0 heterocycles. The van der Waals surface area contributed by atoms with Crippen LogP contribution in [0.15, 0.2) is 41.5 Å². The molecule has 160 valence electrons. The number of nitrogens with zero attached hydrogens (tertiary/aromatic N) is 1. The lowest BCUT2D eigenvalue weighted by Gasteiger charge is -2.12. The van der Waals surface area contributed by atoms with Gasteiger partial charge in [-0.15, -0.1) is 0 Å². The summed E-state index contributed by atoms with van der Waals surface area (Å²) >= 11 is 2.14. The molecular formula is C21H24IN3O5. The molecule has 2 aromatic rings. The number of anilines is 1. The van der Waals surface area contributed by atoms with E-state index in [1.807, 2.05) is 13.0 Å². The molecular weight excluding hydrogens is 501 g/mol. The summed E-state index contributed by atoms with van der Waals surface area (Å²) in [6.45, 7) is 3.92. The summed E-state index contributed by atoms with van der Waals surface area (Å²) in [6.07, 6.45) is 1.48. The normalized spacial score (nSPS) is 11.6. The van der Waals surface area contributed by atoms with E-state index in [-0.39, 0.29) is 0 Å². The van der Waals surface area contributed by atoms with Gasteiger partial charge < -0.3 is 19.5 Å². The summed E-state index contributed by atoms with van der Waals surface area (Å²) in [4.78, 5) is 24.5. The van der Waals surface area contributed by atoms with E-state index in [0.717, 1.165) is 9.13 Å². The second kappa shape index (κ2) is 11.4. The number of hydrogen-bond acceptors (Lipinski definition) is 6. The van der Waals surface area contributed by atoms with Gasteiger partial charge in [-0.1, -0.05) is 0 Å². The highest BCUT2D eigenvalue weighted by atomic mass is 127. The molecule has 0 aliphatic rings. The van der Waals surface area contributed by atoms with Gasteiger partial charge in [-0.05, 0) is 78.4 Å². The lowest BCUT2D eigenvalue weighted by atomic mass is 10.1. The topological polar surface area (TPSA) is 98.2 Å². The molecule has 8 nitrogen and oxygen atoms in total. The van der Waals surface area contributed by atoms with E-state index in [2.05, 4.69) is 38.4 Å². The molecule has 1 atom stereocenters. The molecule has 0 fully saturated rings. The second-order valence-electron chi connectivity index (χ2n) is 6.14. The van der Waals surface area contributed by atoms with Gasteiger partial charge >= 0.3 is 0 Å². The van der Waals surface area contributed by atoms with Crippen LogP contribution in [0.5, 0.6) is 17.2 Å². The van der Waals surface area contributed by atoms with Crippen LogP contribution in [0, 0.1) is 9.49 Å². The molecule has 30 heavy (non-hydrogen) atoms. The van der Waals surface area contributed by atoms with Gasteiger partial charge in [-0.3, -0.25) is 9.59 Å². The van der Waals surface area contributed by atoms with Crippen molar-refractivity contribution in [1.29, 1.82) is 0 Å². The maximum absolute atomic E-state index is 12.3. The number of ether oxygens (including phenoxy) is 3. The van der Waals surface area contributed by atoms with Crippen LogP contribution in [0.4, 0.5) is 5.69 Å². The number of rotatable bonds is 9. The molecule has 2 N–H and O–H groups in total. The Hall–Kier alpha value is -2.82. The number of hydrazone groups is 1. The van der Waals surface area contributed by atoms with Crippen LogP contribution in [-0.2, 0) is 9.59 Å². The third-order valence-electron chi connectivity index (χ3n) is 4.07. The van der Waals surface area contributed by atoms with Gasteiger partial charge in [0.25, 0.3) is 5.91 Å². The number of carbonyl (C=O) groups excluding carboxylic acids is 2. The summed E-state index contributed by atoms with van der Waals surface area (Å²) in [5.74, 6) is 0.0114. The van der Waals surface area contributed by atoms with E-state index in [9.17, 15) is 9.59 Å². The zero-order valence-corrected chi connectivity index (χ0v) is 19.3. The molecule has 0 aliphatic carbocycles. The van der Waals surface area contributed by atoms with Gasteiger partial charge in [0, 0.05) is 5.69 Å². The number of benzene rings is 2. The van der Waals surface area contributed by atoms with E-state index < -0.39 is 17.7 Å². The van der Waals surface area contributed by atoms with Crippen LogP contribution < -0.4 is 25.0 Å². The minimum Gasteiger partial charge on any atom is -0.497 e. The maximum Gasteiger partial charge on any atom is 0.252 e. The largest absolute Gasteiger partial charge is 0.497 e.